The van der Waals surface area contributed by atoms with Crippen LogP contribution in [-0.4, -0.2) is 57.5 Å². The number of ether oxygens (including phenoxy) is 1. The van der Waals surface area contributed by atoms with Crippen molar-refractivity contribution in [2.45, 2.75) is 25.9 Å². The van der Waals surface area contributed by atoms with Gasteiger partial charge in [0.25, 0.3) is 5.91 Å². The highest BCUT2D eigenvalue weighted by Gasteiger charge is 2.31. The quantitative estimate of drug-likeness (QED) is 0.894. The summed E-state index contributed by atoms with van der Waals surface area (Å²) in [5.74, 6) is -1.24. The smallest absolute Gasteiger partial charge is 0.334 e. The van der Waals surface area contributed by atoms with E-state index in [1.807, 2.05) is 37.3 Å². The number of benzene rings is 1. The molecule has 1 amide bonds. The summed E-state index contributed by atoms with van der Waals surface area (Å²) in [6.45, 7) is 2.70. The lowest BCUT2D eigenvalue weighted by atomic mass is 10.1. The van der Waals surface area contributed by atoms with Crippen molar-refractivity contribution in [1.29, 1.82) is 0 Å². The Morgan fingerprint density at radius 3 is 2.76 bits per heavy atom. The molecule has 3 rings (SSSR count). The molecule has 2 heterocycles. The summed E-state index contributed by atoms with van der Waals surface area (Å²) < 4.78 is 6.98. The molecule has 0 aliphatic carbocycles. The van der Waals surface area contributed by atoms with Crippen LogP contribution in [0.5, 0.6) is 0 Å². The largest absolute Gasteiger partial charge is 0.479 e. The SMILES string of the molecule is CCCc1c(C(=O)N2CCOC(C(=O)O)C2)cnn1-c1ccccc1. The van der Waals surface area contributed by atoms with Gasteiger partial charge in [-0.15, -0.1) is 0 Å². The first-order chi connectivity index (χ1) is 12.1. The molecule has 0 bridgehead atoms. The fourth-order valence-electron chi connectivity index (χ4n) is 2.97. The zero-order valence-electron chi connectivity index (χ0n) is 14.1. The van der Waals surface area contributed by atoms with Crippen molar-refractivity contribution in [3.8, 4) is 5.69 Å². The monoisotopic (exact) mass is 343 g/mol. The molecule has 1 aliphatic rings. The second-order valence-electron chi connectivity index (χ2n) is 5.95. The van der Waals surface area contributed by atoms with E-state index in [2.05, 4.69) is 5.10 Å². The average molecular weight is 343 g/mol. The number of carboxylic acid groups (broad SMARTS) is 1. The molecule has 1 fully saturated rings. The number of aliphatic carboxylic acids is 1. The molecular formula is C18H21N3O4. The van der Waals surface area contributed by atoms with Crippen molar-refractivity contribution < 1.29 is 19.4 Å². The van der Waals surface area contributed by atoms with Crippen molar-refractivity contribution in [1.82, 2.24) is 14.7 Å². The molecule has 1 saturated heterocycles. The molecule has 1 unspecified atom stereocenters. The zero-order valence-corrected chi connectivity index (χ0v) is 14.1. The van der Waals surface area contributed by atoms with Gasteiger partial charge in [-0.05, 0) is 18.6 Å². The third kappa shape index (κ3) is 3.56. The summed E-state index contributed by atoms with van der Waals surface area (Å²) in [6.07, 6.45) is 2.19. The summed E-state index contributed by atoms with van der Waals surface area (Å²) in [7, 11) is 0. The molecule has 1 aromatic heterocycles. The number of hydrogen-bond donors (Lipinski definition) is 1. The van der Waals surface area contributed by atoms with Gasteiger partial charge in [-0.3, -0.25) is 4.79 Å². The van der Waals surface area contributed by atoms with E-state index in [9.17, 15) is 9.59 Å². The van der Waals surface area contributed by atoms with Gasteiger partial charge in [0.1, 0.15) is 0 Å². The number of nitrogens with zero attached hydrogens (tertiary/aromatic N) is 3. The summed E-state index contributed by atoms with van der Waals surface area (Å²) >= 11 is 0. The standard InChI is InChI=1S/C18H21N3O4/c1-2-6-15-14(11-19-21(15)13-7-4-3-5-8-13)17(22)20-9-10-25-16(12-20)18(23)24/h3-5,7-8,11,16H,2,6,9-10,12H2,1H3,(H,23,24). The second-order valence-corrected chi connectivity index (χ2v) is 5.95. The third-order valence-electron chi connectivity index (χ3n) is 4.22. The number of carbonyl (C=O) groups excluding carboxylic acids is 1. The minimum atomic E-state index is -1.05. The van der Waals surface area contributed by atoms with Crippen LogP contribution in [0.1, 0.15) is 29.4 Å². The zero-order chi connectivity index (χ0) is 17.8. The fraction of sp³-hybridized carbons (Fsp3) is 0.389. The van der Waals surface area contributed by atoms with Gasteiger partial charge >= 0.3 is 5.97 Å². The number of carbonyl (C=O) groups is 2. The third-order valence-corrected chi connectivity index (χ3v) is 4.22. The average Bonchev–Trinajstić information content (AvgIpc) is 3.06. The molecule has 2 aromatic rings. The van der Waals surface area contributed by atoms with E-state index in [-0.39, 0.29) is 19.1 Å². The molecule has 0 spiro atoms. The van der Waals surface area contributed by atoms with E-state index in [1.54, 1.807) is 10.9 Å². The van der Waals surface area contributed by atoms with Crippen molar-refractivity contribution >= 4 is 11.9 Å². The Bertz CT molecular complexity index is 757. The molecular weight excluding hydrogens is 322 g/mol. The molecule has 0 radical (unpaired) electrons. The first-order valence-electron chi connectivity index (χ1n) is 8.37. The highest BCUT2D eigenvalue weighted by atomic mass is 16.5. The number of para-hydroxylation sites is 1. The van der Waals surface area contributed by atoms with Gasteiger partial charge in [-0.1, -0.05) is 31.5 Å². The number of morpholine rings is 1. The van der Waals surface area contributed by atoms with Crippen molar-refractivity contribution in [2.75, 3.05) is 19.7 Å². The van der Waals surface area contributed by atoms with Gasteiger partial charge in [-0.2, -0.15) is 5.10 Å². The Labute approximate surface area is 145 Å². The molecule has 1 N–H and O–H groups in total. The lowest BCUT2D eigenvalue weighted by Gasteiger charge is -2.30. The second kappa shape index (κ2) is 7.48. The minimum Gasteiger partial charge on any atom is -0.479 e. The van der Waals surface area contributed by atoms with Crippen LogP contribution in [0, 0.1) is 0 Å². The molecule has 1 atom stereocenters. The Kier molecular flexibility index (Phi) is 5.14. The van der Waals surface area contributed by atoms with Crippen LogP contribution in [0.4, 0.5) is 0 Å². The normalized spacial score (nSPS) is 17.5. The summed E-state index contributed by atoms with van der Waals surface area (Å²) in [5, 5.41) is 13.5. The number of hydrogen-bond acceptors (Lipinski definition) is 4. The predicted molar refractivity (Wildman–Crippen MR) is 90.8 cm³/mol. The maximum atomic E-state index is 12.9. The molecule has 7 heteroatoms. The van der Waals surface area contributed by atoms with Crippen LogP contribution in [0.2, 0.25) is 0 Å². The molecule has 0 saturated carbocycles. The van der Waals surface area contributed by atoms with E-state index >= 15 is 0 Å². The fourth-order valence-corrected chi connectivity index (χ4v) is 2.97. The van der Waals surface area contributed by atoms with Crippen LogP contribution < -0.4 is 0 Å². The minimum absolute atomic E-state index is 0.0518. The Morgan fingerprint density at radius 2 is 2.08 bits per heavy atom. The molecule has 7 nitrogen and oxygen atoms in total. The van der Waals surface area contributed by atoms with Gasteiger partial charge in [0, 0.05) is 6.54 Å². The van der Waals surface area contributed by atoms with Crippen LogP contribution in [0.15, 0.2) is 36.5 Å². The Hall–Kier alpha value is -2.67. The lowest BCUT2D eigenvalue weighted by molar-refractivity contribution is -0.154. The highest BCUT2D eigenvalue weighted by molar-refractivity contribution is 5.95. The van der Waals surface area contributed by atoms with Gasteiger partial charge in [-0.25, -0.2) is 9.48 Å². The number of carboxylic acids is 1. The van der Waals surface area contributed by atoms with E-state index < -0.39 is 12.1 Å². The molecule has 1 aromatic carbocycles. The summed E-state index contributed by atoms with van der Waals surface area (Å²) in [5.41, 5.74) is 2.27. The van der Waals surface area contributed by atoms with Gasteiger partial charge in [0.2, 0.25) is 0 Å². The predicted octanol–water partition coefficient (Wildman–Crippen LogP) is 1.75. The van der Waals surface area contributed by atoms with Crippen LogP contribution in [0.3, 0.4) is 0 Å². The number of rotatable bonds is 5. The highest BCUT2D eigenvalue weighted by Crippen LogP contribution is 2.20. The van der Waals surface area contributed by atoms with E-state index in [0.717, 1.165) is 17.8 Å². The van der Waals surface area contributed by atoms with Crippen molar-refractivity contribution in [2.24, 2.45) is 0 Å². The number of amides is 1. The lowest BCUT2D eigenvalue weighted by Crippen LogP contribution is -2.48. The van der Waals surface area contributed by atoms with Gasteiger partial charge in [0.15, 0.2) is 6.10 Å². The van der Waals surface area contributed by atoms with Gasteiger partial charge in [0.05, 0.1) is 36.3 Å². The Balaban J connectivity index is 1.90. The van der Waals surface area contributed by atoms with E-state index in [4.69, 9.17) is 9.84 Å². The maximum Gasteiger partial charge on any atom is 0.334 e. The first-order valence-corrected chi connectivity index (χ1v) is 8.37. The molecule has 25 heavy (non-hydrogen) atoms. The molecule has 1 aliphatic heterocycles. The van der Waals surface area contributed by atoms with Crippen molar-refractivity contribution in [3.63, 3.8) is 0 Å². The molecule has 132 valence electrons. The summed E-state index contributed by atoms with van der Waals surface area (Å²) in [4.78, 5) is 25.6. The first kappa shape index (κ1) is 17.2. The van der Waals surface area contributed by atoms with Crippen LogP contribution in [0.25, 0.3) is 5.69 Å². The van der Waals surface area contributed by atoms with Crippen molar-refractivity contribution in [3.05, 3.63) is 47.8 Å². The topological polar surface area (TPSA) is 84.7 Å². The van der Waals surface area contributed by atoms with E-state index in [1.165, 1.54) is 4.90 Å². The van der Waals surface area contributed by atoms with E-state index in [0.29, 0.717) is 18.5 Å². The van der Waals surface area contributed by atoms with Gasteiger partial charge < -0.3 is 14.7 Å². The Morgan fingerprint density at radius 1 is 1.32 bits per heavy atom. The van der Waals surface area contributed by atoms with Crippen LogP contribution in [-0.2, 0) is 16.0 Å². The number of aromatic nitrogens is 2. The maximum absolute atomic E-state index is 12.9. The van der Waals surface area contributed by atoms with Crippen LogP contribution >= 0.6 is 0 Å². The summed E-state index contributed by atoms with van der Waals surface area (Å²) in [6, 6.07) is 9.66.